The molecule has 3 aromatic rings. The minimum Gasteiger partial charge on any atom is -0.508 e. The van der Waals surface area contributed by atoms with Gasteiger partial charge < -0.3 is 9.67 Å². The highest BCUT2D eigenvalue weighted by molar-refractivity contribution is 5.80. The van der Waals surface area contributed by atoms with Crippen LogP contribution in [-0.2, 0) is 7.05 Å². The van der Waals surface area contributed by atoms with Gasteiger partial charge in [-0.15, -0.1) is 0 Å². The lowest BCUT2D eigenvalue weighted by Gasteiger charge is -2.06. The molecule has 0 atom stereocenters. The van der Waals surface area contributed by atoms with Crippen molar-refractivity contribution in [2.45, 2.75) is 6.92 Å². The summed E-state index contributed by atoms with van der Waals surface area (Å²) in [7, 11) is 1.97. The van der Waals surface area contributed by atoms with Gasteiger partial charge in [0, 0.05) is 18.8 Å². The van der Waals surface area contributed by atoms with Crippen molar-refractivity contribution >= 4 is 11.0 Å². The lowest BCUT2D eigenvalue weighted by atomic mass is 10.1. The highest BCUT2D eigenvalue weighted by Gasteiger charge is 2.11. The largest absolute Gasteiger partial charge is 0.508 e. The number of aromatic nitrogens is 3. The topological polar surface area (TPSA) is 50.9 Å². The normalized spacial score (nSPS) is 11.0. The monoisotopic (exact) mass is 239 g/mol. The Hall–Kier alpha value is -2.36. The van der Waals surface area contributed by atoms with E-state index >= 15 is 0 Å². The number of phenols is 1. The molecule has 2 aromatic heterocycles. The first-order chi connectivity index (χ1) is 8.66. The second kappa shape index (κ2) is 3.84. The summed E-state index contributed by atoms with van der Waals surface area (Å²) in [5.41, 5.74) is 3.95. The minimum atomic E-state index is 0.275. The molecule has 0 unspecified atom stereocenters. The molecule has 0 aliphatic heterocycles. The van der Waals surface area contributed by atoms with Crippen LogP contribution in [0.4, 0.5) is 0 Å². The molecule has 90 valence electrons. The third-order valence-electron chi connectivity index (χ3n) is 3.13. The van der Waals surface area contributed by atoms with Gasteiger partial charge in [0.1, 0.15) is 11.6 Å². The molecule has 2 heterocycles. The van der Waals surface area contributed by atoms with Crippen LogP contribution in [-0.4, -0.2) is 19.6 Å². The van der Waals surface area contributed by atoms with Crippen LogP contribution < -0.4 is 0 Å². The molecule has 0 saturated heterocycles. The first kappa shape index (κ1) is 10.8. The van der Waals surface area contributed by atoms with Gasteiger partial charge in [-0.05, 0) is 36.8 Å². The first-order valence-corrected chi connectivity index (χ1v) is 5.73. The number of phenolic OH excluding ortho intramolecular Hbond substituents is 1. The maximum absolute atomic E-state index is 9.46. The van der Waals surface area contributed by atoms with Crippen LogP contribution in [0.1, 0.15) is 5.56 Å². The van der Waals surface area contributed by atoms with E-state index in [9.17, 15) is 5.11 Å². The Morgan fingerprint density at radius 3 is 2.78 bits per heavy atom. The molecular weight excluding hydrogens is 226 g/mol. The number of aromatic hydroxyl groups is 1. The van der Waals surface area contributed by atoms with Crippen LogP contribution in [0.15, 0.2) is 36.7 Å². The van der Waals surface area contributed by atoms with Crippen LogP contribution in [0, 0.1) is 6.92 Å². The molecule has 0 saturated carbocycles. The number of nitrogens with zero attached hydrogens (tertiary/aromatic N) is 3. The summed E-state index contributed by atoms with van der Waals surface area (Å²) in [6.07, 6.45) is 3.55. The van der Waals surface area contributed by atoms with Gasteiger partial charge in [0.25, 0.3) is 0 Å². The van der Waals surface area contributed by atoms with Gasteiger partial charge in [0.05, 0.1) is 17.2 Å². The molecule has 1 aromatic carbocycles. The first-order valence-electron chi connectivity index (χ1n) is 5.73. The summed E-state index contributed by atoms with van der Waals surface area (Å²) in [6.45, 7) is 1.96. The van der Waals surface area contributed by atoms with Crippen molar-refractivity contribution in [3.05, 3.63) is 42.2 Å². The number of fused-ring (bicyclic) bond motifs is 1. The van der Waals surface area contributed by atoms with Crippen molar-refractivity contribution < 1.29 is 5.11 Å². The van der Waals surface area contributed by atoms with Crippen LogP contribution in [0.25, 0.3) is 22.4 Å². The van der Waals surface area contributed by atoms with Crippen molar-refractivity contribution in [2.24, 2.45) is 7.05 Å². The molecule has 4 heteroatoms. The van der Waals surface area contributed by atoms with E-state index in [1.165, 1.54) is 0 Å². The van der Waals surface area contributed by atoms with Crippen molar-refractivity contribution in [3.8, 4) is 17.1 Å². The molecule has 0 amide bonds. The molecule has 0 aliphatic rings. The van der Waals surface area contributed by atoms with Gasteiger partial charge in [-0.1, -0.05) is 0 Å². The molecule has 1 N–H and O–H groups in total. The van der Waals surface area contributed by atoms with Crippen LogP contribution in [0.3, 0.4) is 0 Å². The van der Waals surface area contributed by atoms with E-state index < -0.39 is 0 Å². The van der Waals surface area contributed by atoms with Crippen molar-refractivity contribution in [1.29, 1.82) is 0 Å². The Bertz CT molecular complexity index is 731. The molecular formula is C14H13N3O. The maximum atomic E-state index is 9.46. The van der Waals surface area contributed by atoms with Gasteiger partial charge in [-0.25, -0.2) is 4.98 Å². The minimum absolute atomic E-state index is 0.275. The van der Waals surface area contributed by atoms with Gasteiger partial charge in [0.2, 0.25) is 0 Å². The summed E-state index contributed by atoms with van der Waals surface area (Å²) in [4.78, 5) is 8.73. The van der Waals surface area contributed by atoms with Gasteiger partial charge in [-0.3, -0.25) is 4.98 Å². The fourth-order valence-corrected chi connectivity index (χ4v) is 2.17. The van der Waals surface area contributed by atoms with Crippen molar-refractivity contribution in [2.75, 3.05) is 0 Å². The van der Waals surface area contributed by atoms with Crippen LogP contribution >= 0.6 is 0 Å². The second-order valence-electron chi connectivity index (χ2n) is 4.36. The zero-order valence-corrected chi connectivity index (χ0v) is 10.3. The van der Waals surface area contributed by atoms with E-state index in [2.05, 4.69) is 9.97 Å². The van der Waals surface area contributed by atoms with Gasteiger partial charge >= 0.3 is 0 Å². The van der Waals surface area contributed by atoms with Gasteiger partial charge in [-0.2, -0.15) is 0 Å². The number of hydrogen-bond acceptors (Lipinski definition) is 3. The van der Waals surface area contributed by atoms with Crippen molar-refractivity contribution in [3.63, 3.8) is 0 Å². The van der Waals surface area contributed by atoms with E-state index in [1.54, 1.807) is 18.3 Å². The number of hydrogen-bond donors (Lipinski definition) is 1. The quantitative estimate of drug-likeness (QED) is 0.710. The van der Waals surface area contributed by atoms with E-state index in [-0.39, 0.29) is 5.75 Å². The highest BCUT2D eigenvalue weighted by atomic mass is 16.3. The van der Waals surface area contributed by atoms with Crippen LogP contribution in [0.2, 0.25) is 0 Å². The van der Waals surface area contributed by atoms with E-state index in [1.807, 2.05) is 36.9 Å². The SMILES string of the molecule is Cc1cc(O)ccc1-c1nc2ccncc2n1C. The van der Waals surface area contributed by atoms with Crippen molar-refractivity contribution in [1.82, 2.24) is 14.5 Å². The molecule has 0 fully saturated rings. The fraction of sp³-hybridized carbons (Fsp3) is 0.143. The summed E-state index contributed by atoms with van der Waals surface area (Å²) >= 11 is 0. The number of aryl methyl sites for hydroxylation is 2. The standard InChI is InChI=1S/C14H13N3O/c1-9-7-10(18)3-4-11(9)14-16-12-5-6-15-8-13(12)17(14)2/h3-8,18H,1-2H3. The lowest BCUT2D eigenvalue weighted by molar-refractivity contribution is 0.475. The predicted molar refractivity (Wildman–Crippen MR) is 70.3 cm³/mol. The van der Waals surface area contributed by atoms with Gasteiger partial charge in [0.15, 0.2) is 0 Å². The Labute approximate surface area is 105 Å². The highest BCUT2D eigenvalue weighted by Crippen LogP contribution is 2.27. The predicted octanol–water partition coefficient (Wildman–Crippen LogP) is 2.65. The zero-order valence-electron chi connectivity index (χ0n) is 10.3. The number of rotatable bonds is 1. The smallest absolute Gasteiger partial charge is 0.141 e. The number of imidazole rings is 1. The van der Waals surface area contributed by atoms with E-state index in [0.717, 1.165) is 28.0 Å². The molecule has 0 aliphatic carbocycles. The lowest BCUT2D eigenvalue weighted by Crippen LogP contribution is -1.94. The summed E-state index contributed by atoms with van der Waals surface area (Å²) in [5, 5.41) is 9.46. The molecule has 0 radical (unpaired) electrons. The summed E-state index contributed by atoms with van der Waals surface area (Å²) < 4.78 is 2.02. The maximum Gasteiger partial charge on any atom is 0.141 e. The Morgan fingerprint density at radius 1 is 1.22 bits per heavy atom. The average Bonchev–Trinajstić information content (AvgIpc) is 2.68. The third-order valence-corrected chi connectivity index (χ3v) is 3.13. The Kier molecular flexibility index (Phi) is 2.30. The Balaban J connectivity index is 2.28. The fourth-order valence-electron chi connectivity index (χ4n) is 2.17. The average molecular weight is 239 g/mol. The summed E-state index contributed by atoms with van der Waals surface area (Å²) in [5.74, 6) is 1.16. The molecule has 0 bridgehead atoms. The molecule has 18 heavy (non-hydrogen) atoms. The number of pyridine rings is 1. The summed E-state index contributed by atoms with van der Waals surface area (Å²) in [6, 6.07) is 7.21. The van der Waals surface area contributed by atoms with E-state index in [4.69, 9.17) is 0 Å². The molecule has 0 spiro atoms. The molecule has 3 rings (SSSR count). The zero-order chi connectivity index (χ0) is 12.7. The Morgan fingerprint density at radius 2 is 2.06 bits per heavy atom. The number of benzene rings is 1. The molecule has 4 nitrogen and oxygen atoms in total. The van der Waals surface area contributed by atoms with Crippen LogP contribution in [0.5, 0.6) is 5.75 Å². The van der Waals surface area contributed by atoms with E-state index in [0.29, 0.717) is 0 Å². The third kappa shape index (κ3) is 1.54. The second-order valence-corrected chi connectivity index (χ2v) is 4.36.